The Balaban J connectivity index is 1.63. The number of carbonyl (C=O) groups excluding carboxylic acids is 1. The molecular weight excluding hydrogens is 352 g/mol. The van der Waals surface area contributed by atoms with Gasteiger partial charge >= 0.3 is 0 Å². The lowest BCUT2D eigenvalue weighted by Crippen LogP contribution is -2.45. The highest BCUT2D eigenvalue weighted by atomic mass is 32.2. The lowest BCUT2D eigenvalue weighted by Gasteiger charge is -2.36. The van der Waals surface area contributed by atoms with Crippen molar-refractivity contribution in [3.05, 3.63) is 59.7 Å². The zero-order valence-corrected chi connectivity index (χ0v) is 15.2. The molecule has 2 atom stereocenters. The molecule has 6 nitrogen and oxygen atoms in total. The number of carbonyl (C=O) groups is 1. The van der Waals surface area contributed by atoms with Gasteiger partial charge in [0.1, 0.15) is 0 Å². The molecule has 2 aromatic rings. The summed E-state index contributed by atoms with van der Waals surface area (Å²) >= 11 is 0. The molecule has 1 fully saturated rings. The number of hydrogen-bond acceptors (Lipinski definition) is 4. The van der Waals surface area contributed by atoms with Gasteiger partial charge in [0.15, 0.2) is 0 Å². The summed E-state index contributed by atoms with van der Waals surface area (Å²) in [6.45, 7) is 2.45. The summed E-state index contributed by atoms with van der Waals surface area (Å²) in [5, 5.41) is 2.72. The molecule has 0 aromatic heterocycles. The molecule has 1 saturated heterocycles. The van der Waals surface area contributed by atoms with E-state index in [2.05, 4.69) is 5.32 Å². The van der Waals surface area contributed by atoms with Gasteiger partial charge in [0.25, 0.3) is 0 Å². The number of rotatable bonds is 3. The van der Waals surface area contributed by atoms with Crippen molar-refractivity contribution in [1.82, 2.24) is 4.31 Å². The normalized spacial score (nSPS) is 23.5. The third kappa shape index (κ3) is 3.13. The van der Waals surface area contributed by atoms with Crippen molar-refractivity contribution in [3.63, 3.8) is 0 Å². The molecule has 26 heavy (non-hydrogen) atoms. The lowest BCUT2D eigenvalue weighted by molar-refractivity contribution is -0.115. The molecule has 2 unspecified atom stereocenters. The van der Waals surface area contributed by atoms with Crippen LogP contribution in [0.1, 0.15) is 24.2 Å². The average molecular weight is 372 g/mol. The summed E-state index contributed by atoms with van der Waals surface area (Å²) in [6, 6.07) is 14.5. The predicted octanol–water partition coefficient (Wildman–Crippen LogP) is 2.33. The van der Waals surface area contributed by atoms with E-state index in [9.17, 15) is 13.2 Å². The third-order valence-corrected chi connectivity index (χ3v) is 6.57. The molecule has 2 aromatic carbocycles. The van der Waals surface area contributed by atoms with Gasteiger partial charge in [0.2, 0.25) is 15.9 Å². The van der Waals surface area contributed by atoms with Gasteiger partial charge in [-0.2, -0.15) is 4.31 Å². The second-order valence-electron chi connectivity index (χ2n) is 6.71. The first-order valence-electron chi connectivity index (χ1n) is 8.57. The number of anilines is 1. The summed E-state index contributed by atoms with van der Waals surface area (Å²) in [6.07, 6.45) is -0.293. The second kappa shape index (κ2) is 6.50. The number of fused-ring (bicyclic) bond motifs is 1. The Kier molecular flexibility index (Phi) is 4.30. The maximum absolute atomic E-state index is 13.2. The zero-order valence-electron chi connectivity index (χ0n) is 14.4. The first-order valence-corrected chi connectivity index (χ1v) is 10.0. The van der Waals surface area contributed by atoms with Crippen LogP contribution in [0.15, 0.2) is 53.4 Å². The van der Waals surface area contributed by atoms with E-state index in [1.165, 1.54) is 4.31 Å². The summed E-state index contributed by atoms with van der Waals surface area (Å²) in [5.41, 5.74) is 2.37. The molecule has 0 aliphatic carbocycles. The maximum Gasteiger partial charge on any atom is 0.243 e. The number of benzene rings is 2. The van der Waals surface area contributed by atoms with Gasteiger partial charge in [-0.3, -0.25) is 4.79 Å². The number of morpholine rings is 1. The summed E-state index contributed by atoms with van der Waals surface area (Å²) in [5.74, 6) is -0.112. The highest BCUT2D eigenvalue weighted by Crippen LogP contribution is 2.31. The molecule has 0 saturated carbocycles. The predicted molar refractivity (Wildman–Crippen MR) is 97.3 cm³/mol. The van der Waals surface area contributed by atoms with E-state index in [1.54, 1.807) is 18.2 Å². The number of hydrogen-bond donors (Lipinski definition) is 1. The van der Waals surface area contributed by atoms with Crippen molar-refractivity contribution >= 4 is 21.6 Å². The molecule has 0 spiro atoms. The monoisotopic (exact) mass is 372 g/mol. The zero-order chi connectivity index (χ0) is 18.3. The van der Waals surface area contributed by atoms with E-state index in [0.717, 1.165) is 11.1 Å². The molecule has 1 amide bonds. The van der Waals surface area contributed by atoms with Crippen molar-refractivity contribution in [2.24, 2.45) is 0 Å². The Hall–Kier alpha value is -2.22. The molecule has 0 radical (unpaired) electrons. The highest BCUT2D eigenvalue weighted by Gasteiger charge is 2.35. The standard InChI is InChI=1S/C19H20N2O4S/c1-13-11-21(12-18(25-13)14-5-3-2-4-6-14)26(23,24)16-7-8-17-15(9-16)10-19(22)20-17/h2-9,13,18H,10-12H2,1H3,(H,20,22). The first-order chi connectivity index (χ1) is 12.4. The fourth-order valence-corrected chi connectivity index (χ4v) is 5.04. The Morgan fingerprint density at radius 1 is 1.12 bits per heavy atom. The fourth-order valence-electron chi connectivity index (χ4n) is 3.48. The van der Waals surface area contributed by atoms with Crippen LogP contribution in [0.25, 0.3) is 0 Å². The van der Waals surface area contributed by atoms with Crippen LogP contribution in [0.4, 0.5) is 5.69 Å². The second-order valence-corrected chi connectivity index (χ2v) is 8.65. The van der Waals surface area contributed by atoms with Crippen LogP contribution in [0.2, 0.25) is 0 Å². The Labute approximate surface area is 152 Å². The number of amides is 1. The number of nitrogens with one attached hydrogen (secondary N) is 1. The van der Waals surface area contributed by atoms with Gasteiger partial charge < -0.3 is 10.1 Å². The van der Waals surface area contributed by atoms with E-state index in [0.29, 0.717) is 12.2 Å². The number of ether oxygens (including phenoxy) is 1. The minimum Gasteiger partial charge on any atom is -0.368 e. The van der Waals surface area contributed by atoms with E-state index < -0.39 is 10.0 Å². The topological polar surface area (TPSA) is 75.7 Å². The van der Waals surface area contributed by atoms with Crippen LogP contribution in [0.3, 0.4) is 0 Å². The molecule has 2 aliphatic rings. The third-order valence-electron chi connectivity index (χ3n) is 4.74. The van der Waals surface area contributed by atoms with Gasteiger partial charge in [0, 0.05) is 18.8 Å². The van der Waals surface area contributed by atoms with Crippen molar-refractivity contribution in [2.45, 2.75) is 30.4 Å². The quantitative estimate of drug-likeness (QED) is 0.897. The van der Waals surface area contributed by atoms with Crippen LogP contribution in [0, 0.1) is 0 Å². The minimum atomic E-state index is -3.66. The van der Waals surface area contributed by atoms with Gasteiger partial charge in [-0.1, -0.05) is 30.3 Å². The van der Waals surface area contributed by atoms with E-state index in [4.69, 9.17) is 4.74 Å². The molecule has 2 heterocycles. The van der Waals surface area contributed by atoms with Crippen molar-refractivity contribution in [1.29, 1.82) is 0 Å². The fraction of sp³-hybridized carbons (Fsp3) is 0.316. The SMILES string of the molecule is CC1CN(S(=O)(=O)c2ccc3c(c2)CC(=O)N3)CC(c2ccccc2)O1. The molecule has 0 bridgehead atoms. The Morgan fingerprint density at radius 2 is 1.88 bits per heavy atom. The van der Waals surface area contributed by atoms with E-state index in [1.807, 2.05) is 37.3 Å². The summed E-state index contributed by atoms with van der Waals surface area (Å²) < 4.78 is 33.8. The van der Waals surface area contributed by atoms with E-state index in [-0.39, 0.29) is 36.0 Å². The highest BCUT2D eigenvalue weighted by molar-refractivity contribution is 7.89. The van der Waals surface area contributed by atoms with Crippen molar-refractivity contribution < 1.29 is 17.9 Å². The molecule has 7 heteroatoms. The molecule has 4 rings (SSSR count). The van der Waals surface area contributed by atoms with Crippen LogP contribution in [-0.4, -0.2) is 37.8 Å². The number of sulfonamides is 1. The number of nitrogens with zero attached hydrogens (tertiary/aromatic N) is 1. The molecular formula is C19H20N2O4S. The van der Waals surface area contributed by atoms with Gasteiger partial charge in [-0.25, -0.2) is 8.42 Å². The Bertz CT molecular complexity index is 943. The summed E-state index contributed by atoms with van der Waals surface area (Å²) in [7, 11) is -3.66. The summed E-state index contributed by atoms with van der Waals surface area (Å²) in [4.78, 5) is 11.7. The van der Waals surface area contributed by atoms with Gasteiger partial charge in [0.05, 0.1) is 23.5 Å². The van der Waals surface area contributed by atoms with Crippen molar-refractivity contribution in [3.8, 4) is 0 Å². The minimum absolute atomic E-state index is 0.112. The molecule has 136 valence electrons. The van der Waals surface area contributed by atoms with Crippen LogP contribution >= 0.6 is 0 Å². The van der Waals surface area contributed by atoms with Gasteiger partial charge in [-0.05, 0) is 36.2 Å². The lowest BCUT2D eigenvalue weighted by atomic mass is 10.1. The average Bonchev–Trinajstić information content (AvgIpc) is 3.01. The maximum atomic E-state index is 13.2. The van der Waals surface area contributed by atoms with Crippen LogP contribution in [-0.2, 0) is 26.0 Å². The largest absolute Gasteiger partial charge is 0.368 e. The Morgan fingerprint density at radius 3 is 2.65 bits per heavy atom. The van der Waals surface area contributed by atoms with E-state index >= 15 is 0 Å². The van der Waals surface area contributed by atoms with Crippen LogP contribution < -0.4 is 5.32 Å². The smallest absolute Gasteiger partial charge is 0.243 e. The van der Waals surface area contributed by atoms with Crippen molar-refractivity contribution in [2.75, 3.05) is 18.4 Å². The molecule has 2 aliphatic heterocycles. The van der Waals surface area contributed by atoms with Crippen LogP contribution in [0.5, 0.6) is 0 Å². The molecule has 1 N–H and O–H groups in total. The van der Waals surface area contributed by atoms with Gasteiger partial charge in [-0.15, -0.1) is 0 Å². The first kappa shape index (κ1) is 17.2.